The predicted octanol–water partition coefficient (Wildman–Crippen LogP) is 2.05. The number of nitrogens with zero attached hydrogens (tertiary/aromatic N) is 2. The van der Waals surface area contributed by atoms with Crippen LogP contribution in [0.2, 0.25) is 0 Å². The van der Waals surface area contributed by atoms with Gasteiger partial charge in [-0.1, -0.05) is 0 Å². The molecule has 6 heteroatoms. The molecule has 0 saturated carbocycles. The third-order valence-electron chi connectivity index (χ3n) is 3.40. The van der Waals surface area contributed by atoms with Crippen molar-refractivity contribution >= 4 is 17.3 Å². The van der Waals surface area contributed by atoms with E-state index in [1.54, 1.807) is 11.3 Å². The number of thiophene rings is 1. The van der Waals surface area contributed by atoms with Crippen molar-refractivity contribution in [2.75, 3.05) is 13.1 Å². The second-order valence-electron chi connectivity index (χ2n) is 5.52. The summed E-state index contributed by atoms with van der Waals surface area (Å²) in [5.74, 6) is 0.710. The van der Waals surface area contributed by atoms with Gasteiger partial charge in [-0.3, -0.25) is 0 Å². The average Bonchev–Trinajstić information content (AvgIpc) is 3.13. The number of rotatable bonds is 6. The highest BCUT2D eigenvalue weighted by Gasteiger charge is 2.23. The monoisotopic (exact) mass is 320 g/mol. The lowest BCUT2D eigenvalue weighted by molar-refractivity contribution is 0.0621. The van der Waals surface area contributed by atoms with Crippen LogP contribution in [0.4, 0.5) is 0 Å². The average molecular weight is 320 g/mol. The normalized spacial score (nSPS) is 14.6. The van der Waals surface area contributed by atoms with Gasteiger partial charge in [0.25, 0.3) is 0 Å². The third kappa shape index (κ3) is 4.61. The Labute approximate surface area is 135 Å². The number of guanidine groups is 1. The quantitative estimate of drug-likeness (QED) is 0.564. The maximum absolute atomic E-state index is 10.5. The molecule has 0 fully saturated rings. The fraction of sp³-hybridized carbons (Fsp3) is 0.438. The van der Waals surface area contributed by atoms with Crippen molar-refractivity contribution in [1.82, 2.24) is 15.2 Å². The van der Waals surface area contributed by atoms with Crippen molar-refractivity contribution in [2.45, 2.75) is 26.0 Å². The van der Waals surface area contributed by atoms with Crippen LogP contribution in [0.15, 0.2) is 40.3 Å². The van der Waals surface area contributed by atoms with Gasteiger partial charge in [0.2, 0.25) is 0 Å². The molecule has 1 atom stereocenters. The molecule has 0 saturated heterocycles. The van der Waals surface area contributed by atoms with Gasteiger partial charge in [0.15, 0.2) is 5.96 Å². The minimum absolute atomic E-state index is 0.407. The lowest BCUT2D eigenvalue weighted by Gasteiger charge is -2.24. The summed E-state index contributed by atoms with van der Waals surface area (Å²) in [6.07, 6.45) is 4.06. The smallest absolute Gasteiger partial charge is 0.191 e. The van der Waals surface area contributed by atoms with Crippen LogP contribution in [0.25, 0.3) is 0 Å². The zero-order chi connectivity index (χ0) is 16.0. The summed E-state index contributed by atoms with van der Waals surface area (Å²) in [6, 6.07) is 4.00. The number of hydrogen-bond acceptors (Lipinski definition) is 3. The highest BCUT2D eigenvalue weighted by molar-refractivity contribution is 7.08. The van der Waals surface area contributed by atoms with Crippen LogP contribution in [-0.4, -0.2) is 28.7 Å². The van der Waals surface area contributed by atoms with Gasteiger partial charge in [-0.15, -0.1) is 0 Å². The second kappa shape index (κ2) is 7.47. The predicted molar refractivity (Wildman–Crippen MR) is 92.1 cm³/mol. The van der Waals surface area contributed by atoms with Crippen LogP contribution in [-0.2, 0) is 19.2 Å². The maximum Gasteiger partial charge on any atom is 0.191 e. The van der Waals surface area contributed by atoms with E-state index in [0.717, 1.165) is 17.7 Å². The van der Waals surface area contributed by atoms with Crippen LogP contribution in [0.3, 0.4) is 0 Å². The Kier molecular flexibility index (Phi) is 5.63. The Hall–Kier alpha value is -1.79. The molecule has 1 unspecified atom stereocenters. The van der Waals surface area contributed by atoms with Gasteiger partial charge in [-0.25, -0.2) is 4.99 Å². The number of aliphatic hydroxyl groups is 1. The summed E-state index contributed by atoms with van der Waals surface area (Å²) in [6.45, 7) is 5.63. The van der Waals surface area contributed by atoms with Crippen molar-refractivity contribution in [3.05, 3.63) is 46.4 Å². The molecule has 3 N–H and O–H groups in total. The second-order valence-corrected chi connectivity index (χ2v) is 6.30. The first-order valence-electron chi connectivity index (χ1n) is 7.39. The first kappa shape index (κ1) is 16.6. The van der Waals surface area contributed by atoms with Crippen molar-refractivity contribution in [2.24, 2.45) is 12.0 Å². The Bertz CT molecular complexity index is 601. The first-order valence-corrected chi connectivity index (χ1v) is 8.33. The maximum atomic E-state index is 10.5. The van der Waals surface area contributed by atoms with E-state index < -0.39 is 5.60 Å². The van der Waals surface area contributed by atoms with Crippen molar-refractivity contribution in [3.8, 4) is 0 Å². The molecule has 0 bridgehead atoms. The van der Waals surface area contributed by atoms with E-state index in [9.17, 15) is 5.11 Å². The van der Waals surface area contributed by atoms with E-state index in [1.807, 2.05) is 48.5 Å². The number of nitrogens with one attached hydrogen (secondary N) is 2. The van der Waals surface area contributed by atoms with E-state index in [0.29, 0.717) is 19.0 Å². The van der Waals surface area contributed by atoms with Crippen LogP contribution < -0.4 is 10.6 Å². The molecular formula is C16H24N4OS. The molecule has 22 heavy (non-hydrogen) atoms. The molecule has 0 amide bonds. The minimum atomic E-state index is -0.914. The van der Waals surface area contributed by atoms with Crippen LogP contribution in [0, 0.1) is 0 Å². The highest BCUT2D eigenvalue weighted by Crippen LogP contribution is 2.21. The van der Waals surface area contributed by atoms with E-state index in [4.69, 9.17) is 0 Å². The van der Waals surface area contributed by atoms with Gasteiger partial charge >= 0.3 is 0 Å². The third-order valence-corrected chi connectivity index (χ3v) is 4.08. The van der Waals surface area contributed by atoms with Crippen molar-refractivity contribution in [3.63, 3.8) is 0 Å². The topological polar surface area (TPSA) is 61.6 Å². The first-order chi connectivity index (χ1) is 10.5. The number of aryl methyl sites for hydroxylation is 1. The molecule has 5 nitrogen and oxygen atoms in total. The molecule has 0 aliphatic carbocycles. The van der Waals surface area contributed by atoms with Gasteiger partial charge in [0, 0.05) is 26.0 Å². The molecule has 120 valence electrons. The zero-order valence-corrected chi connectivity index (χ0v) is 14.2. The van der Waals surface area contributed by atoms with Gasteiger partial charge in [-0.2, -0.15) is 11.3 Å². The zero-order valence-electron chi connectivity index (χ0n) is 13.3. The molecule has 2 rings (SSSR count). The number of hydrogen-bond donors (Lipinski definition) is 3. The van der Waals surface area contributed by atoms with Crippen molar-refractivity contribution in [1.29, 1.82) is 0 Å². The van der Waals surface area contributed by atoms with Crippen LogP contribution in [0.1, 0.15) is 25.0 Å². The molecule has 0 radical (unpaired) electrons. The standard InChI is InChI=1S/C16H24N4OS/c1-4-17-15(18-9-13-5-7-20(3)10-13)19-12-16(2,21)14-6-8-22-11-14/h5-8,10-11,21H,4,9,12H2,1-3H3,(H2,17,18,19). The van der Waals surface area contributed by atoms with Gasteiger partial charge in [0.1, 0.15) is 5.60 Å². The van der Waals surface area contributed by atoms with Crippen molar-refractivity contribution < 1.29 is 5.11 Å². The number of aromatic nitrogens is 1. The Morgan fingerprint density at radius 2 is 2.23 bits per heavy atom. The fourth-order valence-corrected chi connectivity index (χ4v) is 2.88. The summed E-state index contributed by atoms with van der Waals surface area (Å²) < 4.78 is 2.01. The van der Waals surface area contributed by atoms with E-state index in [2.05, 4.69) is 27.9 Å². The molecular weight excluding hydrogens is 296 g/mol. The largest absolute Gasteiger partial charge is 0.384 e. The van der Waals surface area contributed by atoms with E-state index in [-0.39, 0.29) is 0 Å². The van der Waals surface area contributed by atoms with Gasteiger partial charge < -0.3 is 20.3 Å². The Balaban J connectivity index is 1.96. The van der Waals surface area contributed by atoms with E-state index >= 15 is 0 Å². The van der Waals surface area contributed by atoms with Crippen LogP contribution in [0.5, 0.6) is 0 Å². The van der Waals surface area contributed by atoms with Crippen LogP contribution >= 0.6 is 11.3 Å². The highest BCUT2D eigenvalue weighted by atomic mass is 32.1. The summed E-state index contributed by atoms with van der Waals surface area (Å²) in [5.41, 5.74) is 1.16. The molecule has 0 aliphatic rings. The minimum Gasteiger partial charge on any atom is -0.384 e. The fourth-order valence-electron chi connectivity index (χ4n) is 2.10. The molecule has 2 aromatic heterocycles. The Morgan fingerprint density at radius 3 is 2.82 bits per heavy atom. The summed E-state index contributed by atoms with van der Waals surface area (Å²) in [4.78, 5) is 4.55. The summed E-state index contributed by atoms with van der Waals surface area (Å²) >= 11 is 1.58. The SMILES string of the molecule is CCNC(=NCc1ccn(C)c1)NCC(C)(O)c1ccsc1. The summed E-state index contributed by atoms with van der Waals surface area (Å²) in [5, 5.41) is 20.9. The molecule has 0 aromatic carbocycles. The lowest BCUT2D eigenvalue weighted by Crippen LogP contribution is -2.44. The lowest BCUT2D eigenvalue weighted by atomic mass is 9.99. The molecule has 2 aromatic rings. The molecule has 0 aliphatic heterocycles. The summed E-state index contributed by atoms with van der Waals surface area (Å²) in [7, 11) is 1.99. The molecule has 2 heterocycles. The van der Waals surface area contributed by atoms with Gasteiger partial charge in [-0.05, 0) is 47.9 Å². The van der Waals surface area contributed by atoms with E-state index in [1.165, 1.54) is 0 Å². The number of aliphatic imine (C=N–C) groups is 1. The van der Waals surface area contributed by atoms with Gasteiger partial charge in [0.05, 0.1) is 13.1 Å². The molecule has 0 spiro atoms. The Morgan fingerprint density at radius 1 is 1.41 bits per heavy atom.